The molecule has 0 aromatic heterocycles. The van der Waals surface area contributed by atoms with E-state index in [1.807, 2.05) is 0 Å². The van der Waals surface area contributed by atoms with Crippen LogP contribution in [0.2, 0.25) is 17.3 Å². The Morgan fingerprint density at radius 1 is 0.484 bits per heavy atom. The van der Waals surface area contributed by atoms with Gasteiger partial charge in [-0.05, 0) is 0 Å². The molecule has 0 bridgehead atoms. The van der Waals surface area contributed by atoms with Crippen molar-refractivity contribution in [1.82, 2.24) is 0 Å². The van der Waals surface area contributed by atoms with Crippen LogP contribution in [0.25, 0.3) is 16.0 Å². The molecule has 0 unspecified atom stereocenters. The first-order chi connectivity index (χ1) is 13.5. The average Bonchev–Trinajstić information content (AvgIpc) is 2.98. The van der Waals surface area contributed by atoms with Crippen molar-refractivity contribution in [2.75, 3.05) is 0 Å². The molecule has 0 saturated carbocycles. The molecule has 0 aliphatic rings. The van der Waals surface area contributed by atoms with Gasteiger partial charge in [-0.15, -0.1) is 36.3 Å². The van der Waals surface area contributed by atoms with Crippen LogP contribution in [0.15, 0.2) is 24.3 Å². The molecule has 1 aromatic rings. The minimum atomic E-state index is -1.44. The van der Waals surface area contributed by atoms with Gasteiger partial charge in [0.15, 0.2) is 0 Å². The van der Waals surface area contributed by atoms with Crippen LogP contribution in [-0.4, -0.2) is 49.5 Å². The monoisotopic (exact) mass is 573 g/mol. The van der Waals surface area contributed by atoms with E-state index in [0.717, 1.165) is 0 Å². The molecule has 0 amide bonds. The number of rotatable bonds is 7. The maximum absolute atomic E-state index is 4.28. The summed E-state index contributed by atoms with van der Waals surface area (Å²) in [5.41, 5.74) is 0. The van der Waals surface area contributed by atoms with Gasteiger partial charge in [-0.2, -0.15) is 0 Å². The van der Waals surface area contributed by atoms with Gasteiger partial charge in [-0.3, -0.25) is 0 Å². The van der Waals surface area contributed by atoms with Crippen LogP contribution in [0.1, 0.15) is 83.1 Å². The first kappa shape index (κ1) is 38.9. The molecule has 0 spiro atoms. The van der Waals surface area contributed by atoms with Crippen LogP contribution in [0.5, 0.6) is 0 Å². The zero-order chi connectivity index (χ0) is 24.5. The van der Waals surface area contributed by atoms with E-state index in [4.69, 9.17) is 0 Å². The zero-order valence-electron chi connectivity index (χ0n) is 23.6. The topological polar surface area (TPSA) is 42.3 Å². The first-order valence-corrected chi connectivity index (χ1v) is 19.1. The van der Waals surface area contributed by atoms with Crippen molar-refractivity contribution >= 4 is 17.7 Å². The van der Waals surface area contributed by atoms with Crippen LogP contribution in [-0.2, 0) is 26.2 Å². The van der Waals surface area contributed by atoms with Gasteiger partial charge >= 0.3 is 85.4 Å². The Kier molecular flexibility index (Phi) is 28.2. The molecule has 0 aliphatic heterocycles. The third kappa shape index (κ3) is 38.2. The van der Waals surface area contributed by atoms with E-state index in [1.54, 1.807) is 4.40 Å². The summed E-state index contributed by atoms with van der Waals surface area (Å²) in [6.07, 6.45) is 0. The molecule has 0 saturated heterocycles. The predicted molar refractivity (Wildman–Crippen MR) is 146 cm³/mol. The average molecular weight is 574 g/mol. The van der Waals surface area contributed by atoms with Gasteiger partial charge in [0, 0.05) is 0 Å². The fourth-order valence-corrected chi connectivity index (χ4v) is 5.16. The van der Waals surface area contributed by atoms with Gasteiger partial charge in [-0.1, -0.05) is 83.1 Å². The van der Waals surface area contributed by atoms with Crippen molar-refractivity contribution in [3.05, 3.63) is 40.2 Å². The molecule has 0 atom stereocenters. The molecule has 5 heteroatoms. The van der Waals surface area contributed by atoms with E-state index in [1.165, 1.54) is 0 Å². The van der Waals surface area contributed by atoms with Gasteiger partial charge < -0.3 is 16.0 Å². The van der Waals surface area contributed by atoms with Gasteiger partial charge in [0.05, 0.1) is 0 Å². The molecular weight excluding hydrogens is 518 g/mol. The molecule has 182 valence electrons. The second-order valence-electron chi connectivity index (χ2n) is 10.4. The number of hydrogen-bond acceptors (Lipinski definition) is 0. The van der Waals surface area contributed by atoms with Crippen molar-refractivity contribution < 1.29 is 26.2 Å². The van der Waals surface area contributed by atoms with Crippen molar-refractivity contribution in [2.24, 2.45) is 0 Å². The zero-order valence-corrected chi connectivity index (χ0v) is 28.2. The van der Waals surface area contributed by atoms with E-state index < -0.39 is 13.3 Å². The summed E-state index contributed by atoms with van der Waals surface area (Å²) >= 11 is -1.44. The number of hydrogen-bond donors (Lipinski definition) is 0. The van der Waals surface area contributed by atoms with Crippen LogP contribution in [0.4, 0.5) is 0 Å². The van der Waals surface area contributed by atoms with Crippen LogP contribution in [0, 0.1) is 0 Å². The Hall–Kier alpha value is 0.656. The number of nitrogens with zero attached hydrogens (tertiary/aromatic N) is 3. The van der Waals surface area contributed by atoms with Crippen molar-refractivity contribution in [3.8, 4) is 0 Å². The fourth-order valence-electron chi connectivity index (χ4n) is 2.66. The molecule has 3 nitrogen and oxygen atoms in total. The Labute approximate surface area is 219 Å². The second-order valence-corrected chi connectivity index (χ2v) is 21.1. The summed E-state index contributed by atoms with van der Waals surface area (Å²) in [7, 11) is 0. The standard InChI is InChI=1S/C8H13Ge.3C6H14N.Zr/c1-9(2,3)8-6-4-5-7-8;3*1-5(2)7-6(3)4;/h4-7H,1-3H3;3*5-6H,1-4H3;/q4*-1;+4. The Morgan fingerprint density at radius 3 is 0.742 bits per heavy atom. The summed E-state index contributed by atoms with van der Waals surface area (Å²) < 4.78 is 1.61. The molecular formula is C26H55GeN3Zr. The van der Waals surface area contributed by atoms with E-state index in [2.05, 4.69) is 141 Å². The quantitative estimate of drug-likeness (QED) is 0.232. The molecule has 0 N–H and O–H groups in total. The smallest absolute Gasteiger partial charge is 4.00 e. The van der Waals surface area contributed by atoms with Gasteiger partial charge in [-0.25, -0.2) is 0 Å². The summed E-state index contributed by atoms with van der Waals surface area (Å²) in [6, 6.07) is 11.8. The van der Waals surface area contributed by atoms with Gasteiger partial charge in [0.1, 0.15) is 0 Å². The van der Waals surface area contributed by atoms with E-state index in [9.17, 15) is 0 Å². The van der Waals surface area contributed by atoms with Gasteiger partial charge in [0.25, 0.3) is 0 Å². The molecule has 0 radical (unpaired) electrons. The van der Waals surface area contributed by atoms with Crippen molar-refractivity contribution in [1.29, 1.82) is 0 Å². The maximum Gasteiger partial charge on any atom is 4.00 e. The van der Waals surface area contributed by atoms with Crippen LogP contribution >= 0.6 is 0 Å². The minimum absolute atomic E-state index is 0. The summed E-state index contributed by atoms with van der Waals surface area (Å²) in [5.74, 6) is 7.24. The summed E-state index contributed by atoms with van der Waals surface area (Å²) in [6.45, 7) is 25.2. The first-order valence-electron chi connectivity index (χ1n) is 11.8. The third-order valence-corrected chi connectivity index (χ3v) is 7.65. The second kappa shape index (κ2) is 22.4. The molecule has 0 aliphatic carbocycles. The van der Waals surface area contributed by atoms with Crippen molar-refractivity contribution in [2.45, 2.75) is 137 Å². The predicted octanol–water partition coefficient (Wildman–Crippen LogP) is 8.48. The summed E-state index contributed by atoms with van der Waals surface area (Å²) in [4.78, 5) is 0. The fraction of sp³-hybridized carbons (Fsp3) is 0.808. The molecule has 1 rings (SSSR count). The minimum Gasteiger partial charge on any atom is 4.00 e. The Morgan fingerprint density at radius 2 is 0.677 bits per heavy atom. The molecule has 0 heterocycles. The van der Waals surface area contributed by atoms with Crippen LogP contribution < -0.4 is 4.40 Å². The maximum atomic E-state index is 4.28. The summed E-state index contributed by atoms with van der Waals surface area (Å²) in [5, 5.41) is 12.8. The van der Waals surface area contributed by atoms with Crippen molar-refractivity contribution in [3.63, 3.8) is 0 Å². The normalized spacial score (nSPS) is 11.0. The van der Waals surface area contributed by atoms with Crippen LogP contribution in [0.3, 0.4) is 0 Å². The Bertz CT molecular complexity index is 396. The molecule has 31 heavy (non-hydrogen) atoms. The Balaban J connectivity index is -0.000000156. The molecule has 1 aromatic carbocycles. The molecule has 0 fully saturated rings. The van der Waals surface area contributed by atoms with E-state index >= 15 is 0 Å². The largest absolute Gasteiger partial charge is 4.00 e. The van der Waals surface area contributed by atoms with E-state index in [0.29, 0.717) is 36.3 Å². The SMILES string of the molecule is CC(C)[N-]C(C)C.CC(C)[N-]C(C)C.CC(C)[N-]C(C)C.[CH3][Ge]([CH3])([CH3])[c-]1cccc1.[Zr+4]. The van der Waals surface area contributed by atoms with Gasteiger partial charge in [0.2, 0.25) is 0 Å². The van der Waals surface area contributed by atoms with E-state index in [-0.39, 0.29) is 26.2 Å². The third-order valence-electron chi connectivity index (χ3n) is 3.32.